The number of nitrogens with zero attached hydrogens (tertiary/aromatic N) is 2. The smallest absolute Gasteiger partial charge is 0.346 e. The number of halogens is 2. The van der Waals surface area contributed by atoms with E-state index >= 15 is 0 Å². The maximum absolute atomic E-state index is 14.4. The molecule has 206 valence electrons. The van der Waals surface area contributed by atoms with E-state index in [2.05, 4.69) is 25.2 Å². The third-order valence-electron chi connectivity index (χ3n) is 6.31. The molecule has 3 amide bonds. The van der Waals surface area contributed by atoms with Crippen LogP contribution in [-0.4, -0.2) is 66.5 Å². The van der Waals surface area contributed by atoms with E-state index in [0.717, 1.165) is 70.0 Å². The quantitative estimate of drug-likeness (QED) is 0.272. The Morgan fingerprint density at radius 2 is 1.92 bits per heavy atom. The lowest BCUT2D eigenvalue weighted by atomic mass is 10.1. The Kier molecular flexibility index (Phi) is 9.45. The van der Waals surface area contributed by atoms with E-state index in [4.69, 9.17) is 9.47 Å². The molecule has 0 atom stereocenters. The van der Waals surface area contributed by atoms with Crippen LogP contribution in [0, 0.1) is 11.6 Å². The number of carbonyl (C=O) groups excluding carboxylic acids is 3. The lowest BCUT2D eigenvalue weighted by Crippen LogP contribution is -2.30. The van der Waals surface area contributed by atoms with Crippen LogP contribution < -0.4 is 20.7 Å². The van der Waals surface area contributed by atoms with Gasteiger partial charge in [-0.2, -0.15) is 4.37 Å². The highest BCUT2D eigenvalue weighted by molar-refractivity contribution is 7.11. The van der Waals surface area contributed by atoms with Gasteiger partial charge in [-0.25, -0.2) is 18.4 Å². The molecule has 3 N–H and O–H groups in total. The van der Waals surface area contributed by atoms with Gasteiger partial charge >= 0.3 is 12.0 Å². The van der Waals surface area contributed by atoms with E-state index in [9.17, 15) is 23.2 Å². The average Bonchev–Trinajstić information content (AvgIpc) is 3.39. The molecule has 1 aliphatic heterocycles. The van der Waals surface area contributed by atoms with Crippen molar-refractivity contribution in [2.24, 2.45) is 0 Å². The summed E-state index contributed by atoms with van der Waals surface area (Å²) < 4.78 is 42.9. The summed E-state index contributed by atoms with van der Waals surface area (Å²) in [6.07, 6.45) is 5.94. The number of amides is 3. The number of hydrogen-bond acceptors (Lipinski definition) is 8. The number of anilines is 1. The molecule has 1 aromatic carbocycles. The molecule has 2 heterocycles. The first-order valence-electron chi connectivity index (χ1n) is 12.6. The molecular formula is C25H31F2N5O5S. The topological polar surface area (TPSA) is 122 Å². The van der Waals surface area contributed by atoms with Crippen LogP contribution >= 0.6 is 11.5 Å². The number of methoxy groups -OCH3 is 1. The van der Waals surface area contributed by atoms with Gasteiger partial charge in [0, 0.05) is 23.7 Å². The number of benzene rings is 1. The first kappa shape index (κ1) is 27.7. The van der Waals surface area contributed by atoms with E-state index in [-0.39, 0.29) is 33.6 Å². The average molecular weight is 552 g/mol. The summed E-state index contributed by atoms with van der Waals surface area (Å²) in [5.41, 5.74) is -0.415. The fraction of sp³-hybridized carbons (Fsp3) is 0.520. The number of esters is 1. The Labute approximate surface area is 223 Å². The molecule has 0 unspecified atom stereocenters. The molecule has 10 nitrogen and oxygen atoms in total. The summed E-state index contributed by atoms with van der Waals surface area (Å²) in [4.78, 5) is 39.5. The van der Waals surface area contributed by atoms with Gasteiger partial charge < -0.3 is 25.0 Å². The molecule has 0 spiro atoms. The van der Waals surface area contributed by atoms with Crippen molar-refractivity contribution in [1.29, 1.82) is 0 Å². The third kappa shape index (κ3) is 7.38. The normalized spacial score (nSPS) is 15.2. The molecular weight excluding hydrogens is 520 g/mol. The van der Waals surface area contributed by atoms with Crippen LogP contribution in [0.1, 0.15) is 64.8 Å². The Morgan fingerprint density at radius 3 is 2.63 bits per heavy atom. The van der Waals surface area contributed by atoms with Crippen LogP contribution in [0.4, 0.5) is 18.6 Å². The lowest BCUT2D eigenvalue weighted by Gasteiger charge is -2.14. The predicted octanol–water partition coefficient (Wildman–Crippen LogP) is 3.68. The van der Waals surface area contributed by atoms with E-state index in [1.807, 2.05) is 0 Å². The SMILES string of the molecule is COC(=O)c1c(OCc2cc(C(=O)NC3CC3)cc(F)c2F)nsc1NC(=O)NCCCCN1CCCC1. The van der Waals surface area contributed by atoms with Gasteiger partial charge in [-0.3, -0.25) is 10.1 Å². The largest absolute Gasteiger partial charge is 0.471 e. The second-order valence-electron chi connectivity index (χ2n) is 9.29. The van der Waals surface area contributed by atoms with Gasteiger partial charge in [0.15, 0.2) is 17.2 Å². The Hall–Kier alpha value is -3.32. The number of likely N-dealkylation sites (tertiary alicyclic amines) is 1. The van der Waals surface area contributed by atoms with Crippen molar-refractivity contribution in [2.45, 2.75) is 51.2 Å². The Balaban J connectivity index is 1.35. The minimum Gasteiger partial charge on any atom is -0.471 e. The molecule has 2 aliphatic rings. The number of urea groups is 1. The van der Waals surface area contributed by atoms with Crippen LogP contribution in [0.5, 0.6) is 5.88 Å². The number of aromatic nitrogens is 1. The maximum atomic E-state index is 14.4. The fourth-order valence-corrected chi connectivity index (χ4v) is 4.80. The Morgan fingerprint density at radius 1 is 1.16 bits per heavy atom. The van der Waals surface area contributed by atoms with Gasteiger partial charge in [0.2, 0.25) is 5.88 Å². The van der Waals surface area contributed by atoms with Crippen LogP contribution in [0.25, 0.3) is 0 Å². The van der Waals surface area contributed by atoms with Gasteiger partial charge in [-0.05, 0) is 81.8 Å². The molecule has 1 saturated carbocycles. The zero-order valence-electron chi connectivity index (χ0n) is 21.1. The zero-order chi connectivity index (χ0) is 27.1. The monoisotopic (exact) mass is 551 g/mol. The van der Waals surface area contributed by atoms with Gasteiger partial charge in [0.25, 0.3) is 5.91 Å². The highest BCUT2D eigenvalue weighted by Crippen LogP contribution is 2.32. The van der Waals surface area contributed by atoms with Gasteiger partial charge in [0.1, 0.15) is 11.6 Å². The second-order valence-corrected chi connectivity index (χ2v) is 10.1. The standard InChI is InChI=1S/C25H31F2N5O5S/c1-36-24(34)19-22(31-38-23(19)30-25(35)28-8-2-3-9-32-10-4-5-11-32)37-14-16-12-15(13-18(26)20(16)27)21(33)29-17-6-7-17/h12-13,17H,2-11,14H2,1H3,(H,29,33)(H2,28,30,35). The first-order chi connectivity index (χ1) is 18.4. The van der Waals surface area contributed by atoms with Crippen molar-refractivity contribution in [3.05, 3.63) is 40.5 Å². The van der Waals surface area contributed by atoms with E-state index in [1.165, 1.54) is 18.9 Å². The molecule has 38 heavy (non-hydrogen) atoms. The van der Waals surface area contributed by atoms with Crippen molar-refractivity contribution in [3.63, 3.8) is 0 Å². The summed E-state index contributed by atoms with van der Waals surface area (Å²) in [6.45, 7) is 3.21. The van der Waals surface area contributed by atoms with Gasteiger partial charge in [0.05, 0.1) is 7.11 Å². The maximum Gasteiger partial charge on any atom is 0.346 e. The van der Waals surface area contributed by atoms with E-state index < -0.39 is 36.1 Å². The van der Waals surface area contributed by atoms with Crippen LogP contribution in [0.2, 0.25) is 0 Å². The number of carbonyl (C=O) groups is 3. The van der Waals surface area contributed by atoms with Crippen molar-refractivity contribution < 1.29 is 32.6 Å². The summed E-state index contributed by atoms with van der Waals surface area (Å²) >= 11 is 0.787. The number of rotatable bonds is 12. The molecule has 0 radical (unpaired) electrons. The van der Waals surface area contributed by atoms with Crippen molar-refractivity contribution in [2.75, 3.05) is 38.6 Å². The summed E-state index contributed by atoms with van der Waals surface area (Å²) in [7, 11) is 1.16. The number of ether oxygens (including phenoxy) is 2. The first-order valence-corrected chi connectivity index (χ1v) is 13.4. The van der Waals surface area contributed by atoms with Crippen molar-refractivity contribution in [1.82, 2.24) is 19.9 Å². The van der Waals surface area contributed by atoms with Crippen LogP contribution in [0.3, 0.4) is 0 Å². The molecule has 1 aliphatic carbocycles. The molecule has 0 bridgehead atoms. The van der Waals surface area contributed by atoms with Crippen LogP contribution in [0.15, 0.2) is 12.1 Å². The van der Waals surface area contributed by atoms with E-state index in [0.29, 0.717) is 6.54 Å². The highest BCUT2D eigenvalue weighted by atomic mass is 32.1. The lowest BCUT2D eigenvalue weighted by molar-refractivity contribution is 0.0596. The summed E-state index contributed by atoms with van der Waals surface area (Å²) in [6, 6.07) is 1.54. The number of nitrogens with one attached hydrogen (secondary N) is 3. The third-order valence-corrected chi connectivity index (χ3v) is 7.05. The molecule has 13 heteroatoms. The molecule has 4 rings (SSSR count). The zero-order valence-corrected chi connectivity index (χ0v) is 21.9. The van der Waals surface area contributed by atoms with Crippen LogP contribution in [-0.2, 0) is 11.3 Å². The van der Waals surface area contributed by atoms with Crippen molar-refractivity contribution >= 4 is 34.4 Å². The number of hydrogen-bond donors (Lipinski definition) is 3. The Bertz CT molecular complexity index is 1170. The molecule has 1 saturated heterocycles. The predicted molar refractivity (Wildman–Crippen MR) is 137 cm³/mol. The molecule has 2 aromatic rings. The van der Waals surface area contributed by atoms with E-state index in [1.54, 1.807) is 0 Å². The minimum absolute atomic E-state index is 0.0414. The second kappa shape index (κ2) is 13.0. The summed E-state index contributed by atoms with van der Waals surface area (Å²) in [5.74, 6) is -3.91. The van der Waals surface area contributed by atoms with Gasteiger partial charge in [-0.1, -0.05) is 0 Å². The molecule has 2 fully saturated rings. The minimum atomic E-state index is -1.20. The van der Waals surface area contributed by atoms with Gasteiger partial charge in [-0.15, -0.1) is 0 Å². The van der Waals surface area contributed by atoms with Crippen molar-refractivity contribution in [3.8, 4) is 5.88 Å². The fourth-order valence-electron chi connectivity index (χ4n) is 4.08. The summed E-state index contributed by atoms with van der Waals surface area (Å²) in [5, 5.41) is 8.12. The number of unbranched alkanes of at least 4 members (excludes halogenated alkanes) is 1. The molecule has 1 aromatic heterocycles. The highest BCUT2D eigenvalue weighted by Gasteiger charge is 2.27.